The molecular weight excluding hydrogens is 236 g/mol. The smallest absolute Gasteiger partial charge is 0.303 e. The van der Waals surface area contributed by atoms with E-state index < -0.39 is 0 Å². The first-order chi connectivity index (χ1) is 8.81. The monoisotopic (exact) mass is 264 g/mol. The van der Waals surface area contributed by atoms with E-state index in [9.17, 15) is 4.79 Å². The quantitative estimate of drug-likeness (QED) is 0.542. The van der Waals surface area contributed by atoms with Gasteiger partial charge in [0.05, 0.1) is 0 Å². The number of allylic oxidation sites excluding steroid dienone is 2. The van der Waals surface area contributed by atoms with Crippen molar-refractivity contribution in [1.29, 1.82) is 0 Å². The average molecular weight is 264 g/mol. The largest absolute Gasteiger partial charge is 0.460 e. The van der Waals surface area contributed by atoms with Crippen molar-refractivity contribution < 1.29 is 9.53 Å². The molecule has 0 fully saturated rings. The molecule has 0 N–H and O–H groups in total. The molecule has 0 unspecified atom stereocenters. The van der Waals surface area contributed by atoms with Crippen LogP contribution in [0, 0.1) is 17.8 Å². The van der Waals surface area contributed by atoms with Crippen LogP contribution in [0.15, 0.2) is 11.1 Å². The van der Waals surface area contributed by atoms with Crippen LogP contribution >= 0.6 is 0 Å². The van der Waals surface area contributed by atoms with Crippen molar-refractivity contribution in [3.8, 4) is 0 Å². The zero-order chi connectivity index (χ0) is 14.2. The van der Waals surface area contributed by atoms with Crippen molar-refractivity contribution in [2.45, 2.75) is 72.3 Å². The van der Waals surface area contributed by atoms with Gasteiger partial charge in [-0.05, 0) is 57.8 Å². The van der Waals surface area contributed by atoms with Gasteiger partial charge in [-0.2, -0.15) is 0 Å². The van der Waals surface area contributed by atoms with Gasteiger partial charge >= 0.3 is 5.97 Å². The van der Waals surface area contributed by atoms with Gasteiger partial charge in [0.1, 0.15) is 5.60 Å². The topological polar surface area (TPSA) is 26.3 Å². The van der Waals surface area contributed by atoms with Crippen molar-refractivity contribution in [2.24, 2.45) is 17.8 Å². The molecule has 2 rings (SSSR count). The molecule has 19 heavy (non-hydrogen) atoms. The number of esters is 1. The Labute approximate surface area is 117 Å². The number of hydrogen-bond acceptors (Lipinski definition) is 2. The summed E-state index contributed by atoms with van der Waals surface area (Å²) in [6, 6.07) is 0. The fraction of sp³-hybridized carbons (Fsp3) is 0.824. The van der Waals surface area contributed by atoms with E-state index in [0.717, 1.165) is 18.3 Å². The molecule has 0 saturated carbocycles. The zero-order valence-electron chi connectivity index (χ0n) is 13.1. The second-order valence-electron chi connectivity index (χ2n) is 7.07. The van der Waals surface area contributed by atoms with E-state index in [0.29, 0.717) is 5.92 Å². The first-order valence-corrected chi connectivity index (χ1v) is 7.72. The predicted molar refractivity (Wildman–Crippen MR) is 77.8 cm³/mol. The molecule has 2 aliphatic carbocycles. The Kier molecular flexibility index (Phi) is 4.08. The summed E-state index contributed by atoms with van der Waals surface area (Å²) in [4.78, 5) is 11.3. The number of hydrogen-bond donors (Lipinski definition) is 0. The van der Waals surface area contributed by atoms with Crippen LogP contribution in [0.25, 0.3) is 0 Å². The fourth-order valence-electron chi connectivity index (χ4n) is 3.96. The third-order valence-corrected chi connectivity index (χ3v) is 5.25. The highest BCUT2D eigenvalue weighted by Crippen LogP contribution is 2.46. The molecule has 0 aromatic carbocycles. The van der Waals surface area contributed by atoms with Crippen molar-refractivity contribution in [3.63, 3.8) is 0 Å². The minimum atomic E-state index is -0.337. The van der Waals surface area contributed by atoms with Gasteiger partial charge in [0, 0.05) is 12.8 Å². The number of ether oxygens (including phenoxy) is 1. The van der Waals surface area contributed by atoms with Crippen LogP contribution in [0.3, 0.4) is 0 Å². The molecule has 0 bridgehead atoms. The van der Waals surface area contributed by atoms with E-state index in [1.165, 1.54) is 32.6 Å². The molecule has 2 nitrogen and oxygen atoms in total. The molecule has 108 valence electrons. The van der Waals surface area contributed by atoms with Gasteiger partial charge in [0.15, 0.2) is 0 Å². The molecule has 0 amide bonds. The minimum absolute atomic E-state index is 0.157. The second kappa shape index (κ2) is 5.30. The average Bonchev–Trinajstić information content (AvgIpc) is 2.53. The normalized spacial score (nSPS) is 31.9. The molecule has 0 radical (unpaired) electrons. The van der Waals surface area contributed by atoms with Crippen LogP contribution in [0.1, 0.15) is 66.7 Å². The van der Waals surface area contributed by atoms with E-state index in [4.69, 9.17) is 4.74 Å². The van der Waals surface area contributed by atoms with Crippen molar-refractivity contribution in [3.05, 3.63) is 11.1 Å². The van der Waals surface area contributed by atoms with Gasteiger partial charge in [-0.15, -0.1) is 0 Å². The molecular formula is C17H28O2. The molecule has 0 aromatic heterocycles. The molecule has 0 aliphatic heterocycles. The van der Waals surface area contributed by atoms with Gasteiger partial charge in [-0.25, -0.2) is 0 Å². The van der Waals surface area contributed by atoms with Gasteiger partial charge in [-0.3, -0.25) is 4.79 Å². The highest BCUT2D eigenvalue weighted by molar-refractivity contribution is 5.66. The lowest BCUT2D eigenvalue weighted by molar-refractivity contribution is -0.159. The first kappa shape index (κ1) is 14.6. The maximum absolute atomic E-state index is 11.3. The van der Waals surface area contributed by atoms with Crippen molar-refractivity contribution in [2.75, 3.05) is 0 Å². The summed E-state index contributed by atoms with van der Waals surface area (Å²) in [5.41, 5.74) is 3.06. The number of rotatable bonds is 2. The summed E-state index contributed by atoms with van der Waals surface area (Å²) < 4.78 is 5.59. The second-order valence-corrected chi connectivity index (χ2v) is 7.07. The molecule has 2 heteroatoms. The van der Waals surface area contributed by atoms with Crippen LogP contribution < -0.4 is 0 Å². The van der Waals surface area contributed by atoms with Gasteiger partial charge in [0.25, 0.3) is 0 Å². The first-order valence-electron chi connectivity index (χ1n) is 7.72. The summed E-state index contributed by atoms with van der Waals surface area (Å²) in [5, 5.41) is 0. The summed E-state index contributed by atoms with van der Waals surface area (Å²) in [5.74, 6) is 1.76. The van der Waals surface area contributed by atoms with E-state index in [1.807, 2.05) is 0 Å². The maximum atomic E-state index is 11.3. The van der Waals surface area contributed by atoms with E-state index >= 15 is 0 Å². The Balaban J connectivity index is 2.19. The van der Waals surface area contributed by atoms with E-state index in [1.54, 1.807) is 11.1 Å². The van der Waals surface area contributed by atoms with Crippen LogP contribution in [0.2, 0.25) is 0 Å². The fourth-order valence-corrected chi connectivity index (χ4v) is 3.96. The van der Waals surface area contributed by atoms with Gasteiger partial charge in [-0.1, -0.05) is 25.0 Å². The highest BCUT2D eigenvalue weighted by Gasteiger charge is 2.38. The minimum Gasteiger partial charge on any atom is -0.460 e. The Hall–Kier alpha value is -0.790. The lowest BCUT2D eigenvalue weighted by Crippen LogP contribution is -2.36. The Morgan fingerprint density at radius 1 is 1.11 bits per heavy atom. The zero-order valence-corrected chi connectivity index (χ0v) is 13.1. The Morgan fingerprint density at radius 3 is 2.37 bits per heavy atom. The lowest BCUT2D eigenvalue weighted by atomic mass is 9.81. The summed E-state index contributed by atoms with van der Waals surface area (Å²) >= 11 is 0. The summed E-state index contributed by atoms with van der Waals surface area (Å²) in [6.45, 7) is 10.4. The molecule has 0 spiro atoms. The summed E-state index contributed by atoms with van der Waals surface area (Å²) in [6.07, 6.45) is 6.14. The van der Waals surface area contributed by atoms with Crippen LogP contribution in [0.5, 0.6) is 0 Å². The van der Waals surface area contributed by atoms with Crippen molar-refractivity contribution >= 4 is 5.97 Å². The number of carbonyl (C=O) groups excluding carboxylic acids is 1. The summed E-state index contributed by atoms with van der Waals surface area (Å²) in [7, 11) is 0. The third-order valence-electron chi connectivity index (χ3n) is 5.25. The van der Waals surface area contributed by atoms with Gasteiger partial charge < -0.3 is 4.74 Å². The van der Waals surface area contributed by atoms with Crippen LogP contribution in [0.4, 0.5) is 0 Å². The molecule has 3 atom stereocenters. The molecule has 0 heterocycles. The van der Waals surface area contributed by atoms with Gasteiger partial charge in [0.2, 0.25) is 0 Å². The Morgan fingerprint density at radius 2 is 1.74 bits per heavy atom. The lowest BCUT2D eigenvalue weighted by Gasteiger charge is -2.34. The standard InChI is InChI=1S/C17H28O2/c1-11-6-8-14(17(4,5)19-13(3)18)10-16-12(2)7-9-15(11)16/h11-12,14H,6-10H2,1-5H3/t11-,12+,14+/m1/s1. The SMILES string of the molecule is CC(=O)OC(C)(C)[C@H]1CC[C@@H](C)C2=C(C1)[C@@H](C)CC2. The van der Waals surface area contributed by atoms with Crippen molar-refractivity contribution in [1.82, 2.24) is 0 Å². The van der Waals surface area contributed by atoms with E-state index in [2.05, 4.69) is 27.7 Å². The maximum Gasteiger partial charge on any atom is 0.303 e. The van der Waals surface area contributed by atoms with Crippen LogP contribution in [-0.4, -0.2) is 11.6 Å². The molecule has 0 aromatic rings. The Bertz CT molecular complexity index is 392. The predicted octanol–water partition coefficient (Wildman–Crippen LogP) is 4.49. The third kappa shape index (κ3) is 3.04. The number of carbonyl (C=O) groups is 1. The molecule has 0 saturated heterocycles. The molecule has 2 aliphatic rings. The highest BCUT2D eigenvalue weighted by atomic mass is 16.6. The van der Waals surface area contributed by atoms with E-state index in [-0.39, 0.29) is 11.6 Å². The van der Waals surface area contributed by atoms with Crippen LogP contribution in [-0.2, 0) is 9.53 Å².